The van der Waals surface area contributed by atoms with E-state index in [9.17, 15) is 0 Å². The van der Waals surface area contributed by atoms with Crippen LogP contribution in [0, 0.1) is 6.92 Å². The number of nitrogens with one attached hydrogen (secondary N) is 1. The molecule has 0 aliphatic carbocycles. The standard InChI is InChI=1S/C15H17Br2N3/c1-9-5-10(16)7-11(6-9)18-13-8-12(17)19-14(20-13)15(2,3)4/h5-8H,1-4H3,(H,18,19,20). The zero-order chi connectivity index (χ0) is 14.9. The van der Waals surface area contributed by atoms with Crippen LogP contribution >= 0.6 is 31.9 Å². The molecule has 0 bridgehead atoms. The molecule has 0 aliphatic heterocycles. The van der Waals surface area contributed by atoms with E-state index in [0.717, 1.165) is 26.4 Å². The van der Waals surface area contributed by atoms with Crippen molar-refractivity contribution in [3.8, 4) is 0 Å². The van der Waals surface area contributed by atoms with Crippen LogP contribution < -0.4 is 5.32 Å². The first-order valence-electron chi connectivity index (χ1n) is 6.33. The molecule has 1 aromatic carbocycles. The Morgan fingerprint density at radius 1 is 1.00 bits per heavy atom. The molecular weight excluding hydrogens is 382 g/mol. The minimum atomic E-state index is -0.0899. The summed E-state index contributed by atoms with van der Waals surface area (Å²) in [5.41, 5.74) is 2.10. The van der Waals surface area contributed by atoms with Gasteiger partial charge >= 0.3 is 0 Å². The minimum Gasteiger partial charge on any atom is -0.340 e. The van der Waals surface area contributed by atoms with E-state index in [2.05, 4.69) is 87.0 Å². The number of benzene rings is 1. The number of halogens is 2. The Labute approximate surface area is 136 Å². The number of aryl methyl sites for hydroxylation is 1. The number of hydrogen-bond donors (Lipinski definition) is 1. The average Bonchev–Trinajstić information content (AvgIpc) is 2.25. The summed E-state index contributed by atoms with van der Waals surface area (Å²) in [6.45, 7) is 8.36. The summed E-state index contributed by atoms with van der Waals surface area (Å²) in [7, 11) is 0. The van der Waals surface area contributed by atoms with Crippen LogP contribution in [0.25, 0.3) is 0 Å². The lowest BCUT2D eigenvalue weighted by molar-refractivity contribution is 0.544. The van der Waals surface area contributed by atoms with Crippen molar-refractivity contribution in [2.24, 2.45) is 0 Å². The lowest BCUT2D eigenvalue weighted by Gasteiger charge is -2.18. The van der Waals surface area contributed by atoms with Crippen molar-refractivity contribution >= 4 is 43.4 Å². The van der Waals surface area contributed by atoms with Gasteiger partial charge in [0.15, 0.2) is 0 Å². The van der Waals surface area contributed by atoms with Crippen LogP contribution in [0.4, 0.5) is 11.5 Å². The fraction of sp³-hybridized carbons (Fsp3) is 0.333. The third-order valence-corrected chi connectivity index (χ3v) is 3.54. The van der Waals surface area contributed by atoms with Gasteiger partial charge < -0.3 is 5.32 Å². The number of aromatic nitrogens is 2. The van der Waals surface area contributed by atoms with Gasteiger partial charge in [0.05, 0.1) is 0 Å². The Hall–Kier alpha value is -0.940. The van der Waals surface area contributed by atoms with Crippen molar-refractivity contribution in [2.75, 3.05) is 5.32 Å². The molecule has 0 amide bonds. The van der Waals surface area contributed by atoms with Crippen LogP contribution in [0.15, 0.2) is 33.3 Å². The quantitative estimate of drug-likeness (QED) is 0.692. The lowest BCUT2D eigenvalue weighted by Crippen LogP contribution is -2.16. The van der Waals surface area contributed by atoms with Crippen molar-refractivity contribution in [1.29, 1.82) is 0 Å². The molecule has 2 aromatic rings. The van der Waals surface area contributed by atoms with Crippen molar-refractivity contribution in [1.82, 2.24) is 9.97 Å². The highest BCUT2D eigenvalue weighted by atomic mass is 79.9. The van der Waals surface area contributed by atoms with Crippen LogP contribution in [-0.4, -0.2) is 9.97 Å². The molecule has 0 saturated carbocycles. The SMILES string of the molecule is Cc1cc(Br)cc(Nc2cc(Br)nc(C(C)(C)C)n2)c1. The maximum absolute atomic E-state index is 4.59. The summed E-state index contributed by atoms with van der Waals surface area (Å²) < 4.78 is 1.83. The van der Waals surface area contributed by atoms with Gasteiger partial charge in [-0.05, 0) is 46.6 Å². The first-order chi connectivity index (χ1) is 9.24. The fourth-order valence-electron chi connectivity index (χ4n) is 1.77. The number of nitrogens with zero attached hydrogens (tertiary/aromatic N) is 2. The van der Waals surface area contributed by atoms with Gasteiger partial charge in [0.25, 0.3) is 0 Å². The van der Waals surface area contributed by atoms with E-state index in [1.807, 2.05) is 12.1 Å². The molecule has 0 unspecified atom stereocenters. The Kier molecular flexibility index (Phi) is 4.49. The summed E-state index contributed by atoms with van der Waals surface area (Å²) >= 11 is 6.95. The Morgan fingerprint density at radius 3 is 2.30 bits per heavy atom. The number of hydrogen-bond acceptors (Lipinski definition) is 3. The topological polar surface area (TPSA) is 37.8 Å². The van der Waals surface area contributed by atoms with Gasteiger partial charge in [-0.2, -0.15) is 0 Å². The predicted octanol–water partition coefficient (Wildman–Crippen LogP) is 5.35. The van der Waals surface area contributed by atoms with Gasteiger partial charge in [-0.1, -0.05) is 36.7 Å². The minimum absolute atomic E-state index is 0.0899. The van der Waals surface area contributed by atoms with Gasteiger partial charge in [0.1, 0.15) is 16.2 Å². The van der Waals surface area contributed by atoms with Gasteiger partial charge in [-0.15, -0.1) is 0 Å². The summed E-state index contributed by atoms with van der Waals surface area (Å²) in [4.78, 5) is 9.03. The highest BCUT2D eigenvalue weighted by Crippen LogP contribution is 2.26. The molecule has 106 valence electrons. The summed E-state index contributed by atoms with van der Waals surface area (Å²) in [6, 6.07) is 8.06. The summed E-state index contributed by atoms with van der Waals surface area (Å²) in [5, 5.41) is 3.33. The zero-order valence-corrected chi connectivity index (χ0v) is 15.1. The average molecular weight is 399 g/mol. The maximum Gasteiger partial charge on any atom is 0.137 e. The fourth-order valence-corrected chi connectivity index (χ4v) is 2.77. The van der Waals surface area contributed by atoms with Gasteiger partial charge in [0.2, 0.25) is 0 Å². The second-order valence-corrected chi connectivity index (χ2v) is 7.52. The predicted molar refractivity (Wildman–Crippen MR) is 90.6 cm³/mol. The second-order valence-electron chi connectivity index (χ2n) is 5.79. The first kappa shape index (κ1) is 15.4. The van der Waals surface area contributed by atoms with Crippen LogP contribution in [0.1, 0.15) is 32.2 Å². The van der Waals surface area contributed by atoms with E-state index in [1.165, 1.54) is 5.56 Å². The number of rotatable bonds is 2. The molecule has 1 aromatic heterocycles. The Morgan fingerprint density at radius 2 is 1.70 bits per heavy atom. The molecule has 0 fully saturated rings. The molecule has 3 nitrogen and oxygen atoms in total. The smallest absolute Gasteiger partial charge is 0.137 e. The van der Waals surface area contributed by atoms with E-state index in [0.29, 0.717) is 0 Å². The molecule has 0 aliphatic rings. The highest BCUT2D eigenvalue weighted by Gasteiger charge is 2.18. The molecule has 1 heterocycles. The van der Waals surface area contributed by atoms with E-state index < -0.39 is 0 Å². The van der Waals surface area contributed by atoms with E-state index >= 15 is 0 Å². The molecule has 1 N–H and O–H groups in total. The molecule has 2 rings (SSSR count). The van der Waals surface area contributed by atoms with E-state index in [1.54, 1.807) is 0 Å². The Balaban J connectivity index is 2.36. The molecule has 20 heavy (non-hydrogen) atoms. The third-order valence-electron chi connectivity index (χ3n) is 2.68. The maximum atomic E-state index is 4.59. The van der Waals surface area contributed by atoms with Gasteiger partial charge in [0, 0.05) is 21.6 Å². The van der Waals surface area contributed by atoms with E-state index in [-0.39, 0.29) is 5.41 Å². The summed E-state index contributed by atoms with van der Waals surface area (Å²) in [6.07, 6.45) is 0. The van der Waals surface area contributed by atoms with Crippen LogP contribution in [0.2, 0.25) is 0 Å². The van der Waals surface area contributed by atoms with Crippen molar-refractivity contribution < 1.29 is 0 Å². The second kappa shape index (κ2) is 5.82. The largest absolute Gasteiger partial charge is 0.340 e. The van der Waals surface area contributed by atoms with Crippen molar-refractivity contribution in [3.63, 3.8) is 0 Å². The van der Waals surface area contributed by atoms with Crippen LogP contribution in [0.3, 0.4) is 0 Å². The van der Waals surface area contributed by atoms with Crippen LogP contribution in [-0.2, 0) is 5.41 Å². The first-order valence-corrected chi connectivity index (χ1v) is 7.92. The third kappa shape index (κ3) is 4.03. The van der Waals surface area contributed by atoms with Crippen LogP contribution in [0.5, 0.6) is 0 Å². The molecule has 0 saturated heterocycles. The lowest BCUT2D eigenvalue weighted by atomic mass is 9.96. The highest BCUT2D eigenvalue weighted by molar-refractivity contribution is 9.10. The molecule has 0 spiro atoms. The molecule has 0 atom stereocenters. The van der Waals surface area contributed by atoms with Gasteiger partial charge in [-0.25, -0.2) is 9.97 Å². The molecule has 0 radical (unpaired) electrons. The zero-order valence-electron chi connectivity index (χ0n) is 12.0. The molecule has 5 heteroatoms. The summed E-state index contributed by atoms with van der Waals surface area (Å²) in [5.74, 6) is 1.59. The van der Waals surface area contributed by atoms with Gasteiger partial charge in [-0.3, -0.25) is 0 Å². The Bertz CT molecular complexity index is 613. The van der Waals surface area contributed by atoms with Crippen molar-refractivity contribution in [2.45, 2.75) is 33.1 Å². The molecular formula is C15H17Br2N3. The monoisotopic (exact) mass is 397 g/mol. The number of anilines is 2. The van der Waals surface area contributed by atoms with Crippen molar-refractivity contribution in [3.05, 3.63) is 44.7 Å². The van der Waals surface area contributed by atoms with E-state index in [4.69, 9.17) is 0 Å². The normalized spacial score (nSPS) is 11.5.